The predicted molar refractivity (Wildman–Crippen MR) is 103 cm³/mol. The maximum absolute atomic E-state index is 6.16. The van der Waals surface area contributed by atoms with Gasteiger partial charge in [0.25, 0.3) is 0 Å². The molecule has 1 heterocycles. The average Bonchev–Trinajstić information content (AvgIpc) is 3.02. The molecule has 1 saturated heterocycles. The van der Waals surface area contributed by atoms with Crippen molar-refractivity contribution >= 4 is 42.3 Å². The second-order valence-electron chi connectivity index (χ2n) is 6.70. The summed E-state index contributed by atoms with van der Waals surface area (Å²) in [6, 6.07) is 0. The summed E-state index contributed by atoms with van der Waals surface area (Å²) in [5, 5.41) is 0. The van der Waals surface area contributed by atoms with Crippen LogP contribution in [0, 0.1) is 0 Å². The Morgan fingerprint density at radius 1 is 0.609 bits per heavy atom. The third-order valence-electron chi connectivity index (χ3n) is 4.47. The van der Waals surface area contributed by atoms with Gasteiger partial charge < -0.3 is 0 Å². The van der Waals surface area contributed by atoms with E-state index in [2.05, 4.69) is 13.8 Å². The molecule has 0 aromatic rings. The minimum atomic E-state index is -0.479. The summed E-state index contributed by atoms with van der Waals surface area (Å²) < 4.78 is 15.4. The molecule has 0 aliphatic carbocycles. The standard InChI is InChI=1S/2C8H17.C3H4O2.2Sn/c2*1-3-5-7-8-6-4-2;1-2-5-3-4-1;;/h2*1,3-8H2,2H3;1-2H2;;. The fourth-order valence-electron chi connectivity index (χ4n) is 3.00. The summed E-state index contributed by atoms with van der Waals surface area (Å²) in [7, 11) is 0. The zero-order valence-electron chi connectivity index (χ0n) is 15.6. The van der Waals surface area contributed by atoms with Crippen molar-refractivity contribution in [2.45, 2.75) is 102 Å². The molecular formula is C19H38O2Sn2. The van der Waals surface area contributed by atoms with Gasteiger partial charge in [-0.25, -0.2) is 0 Å². The van der Waals surface area contributed by atoms with Crippen molar-refractivity contribution in [3.05, 3.63) is 0 Å². The number of unbranched alkanes of at least 4 members (excludes halogenated alkanes) is 10. The van der Waals surface area contributed by atoms with E-state index in [1.807, 2.05) is 0 Å². The van der Waals surface area contributed by atoms with E-state index in [0.29, 0.717) is 0 Å². The van der Waals surface area contributed by atoms with E-state index in [9.17, 15) is 0 Å². The average molecular weight is 536 g/mol. The van der Waals surface area contributed by atoms with Crippen molar-refractivity contribution in [3.63, 3.8) is 0 Å². The minimum absolute atomic E-state index is 0.125. The van der Waals surface area contributed by atoms with Crippen molar-refractivity contribution in [2.75, 3.05) is 13.2 Å². The van der Waals surface area contributed by atoms with E-state index in [1.165, 1.54) is 85.9 Å². The molecule has 1 rings (SSSR count). The molecule has 0 unspecified atom stereocenters. The van der Waals surface area contributed by atoms with Crippen LogP contribution in [-0.4, -0.2) is 57.3 Å². The van der Waals surface area contributed by atoms with Crippen LogP contribution in [-0.2, 0) is 9.47 Å². The molecule has 0 saturated carbocycles. The first-order valence-corrected chi connectivity index (χ1v) is 17.0. The Morgan fingerprint density at radius 3 is 1.43 bits per heavy atom. The van der Waals surface area contributed by atoms with Crippen LogP contribution >= 0.6 is 0 Å². The first-order valence-electron chi connectivity index (χ1n) is 10.1. The Balaban J connectivity index is 2.05. The molecular weight excluding hydrogens is 498 g/mol. The molecule has 1 aliphatic heterocycles. The number of ether oxygens (including phenoxy) is 2. The van der Waals surface area contributed by atoms with Crippen molar-refractivity contribution in [2.24, 2.45) is 0 Å². The molecule has 134 valence electrons. The van der Waals surface area contributed by atoms with Gasteiger partial charge in [0, 0.05) is 0 Å². The van der Waals surface area contributed by atoms with Gasteiger partial charge in [-0.1, -0.05) is 0 Å². The molecule has 0 spiro atoms. The van der Waals surface area contributed by atoms with Crippen LogP contribution in [0.1, 0.15) is 90.9 Å². The van der Waals surface area contributed by atoms with Gasteiger partial charge in [0.15, 0.2) is 0 Å². The topological polar surface area (TPSA) is 18.5 Å². The summed E-state index contributed by atoms with van der Waals surface area (Å²) in [5.74, 6) is 0. The summed E-state index contributed by atoms with van der Waals surface area (Å²) >= 11 is -0.959. The SMILES string of the molecule is CCCCCCC[CH2][Sn][C]1([Sn][CH2]CCCCCCC)OCCO1. The molecule has 0 bridgehead atoms. The van der Waals surface area contributed by atoms with Gasteiger partial charge >= 0.3 is 167 Å². The summed E-state index contributed by atoms with van der Waals surface area (Å²) in [6.45, 7) is 6.36. The number of hydrogen-bond acceptors (Lipinski definition) is 2. The Morgan fingerprint density at radius 2 is 1.00 bits per heavy atom. The Bertz CT molecular complexity index is 236. The zero-order valence-corrected chi connectivity index (χ0v) is 21.3. The van der Waals surface area contributed by atoms with E-state index in [-0.39, 0.29) is 1.82 Å². The van der Waals surface area contributed by atoms with Crippen LogP contribution in [0.25, 0.3) is 0 Å². The van der Waals surface area contributed by atoms with Crippen LogP contribution in [0.15, 0.2) is 0 Å². The zero-order chi connectivity index (χ0) is 16.6. The van der Waals surface area contributed by atoms with E-state index in [1.54, 1.807) is 0 Å². The summed E-state index contributed by atoms with van der Waals surface area (Å²) in [5.41, 5.74) is 0. The molecule has 0 aromatic heterocycles. The summed E-state index contributed by atoms with van der Waals surface area (Å²) in [6.07, 6.45) is 17.1. The second-order valence-corrected chi connectivity index (χ2v) is 19.4. The van der Waals surface area contributed by atoms with E-state index in [0.717, 1.165) is 13.2 Å². The molecule has 1 aliphatic rings. The first-order chi connectivity index (χ1) is 11.3. The Labute approximate surface area is 165 Å². The Hall–Kier alpha value is 1.52. The van der Waals surface area contributed by atoms with Crippen molar-refractivity contribution in [3.8, 4) is 0 Å². The van der Waals surface area contributed by atoms with Gasteiger partial charge in [-0.2, -0.15) is 0 Å². The molecule has 0 amide bonds. The summed E-state index contributed by atoms with van der Waals surface area (Å²) in [4.78, 5) is 0. The molecule has 23 heavy (non-hydrogen) atoms. The third-order valence-corrected chi connectivity index (χ3v) is 19.0. The fraction of sp³-hybridized carbons (Fsp3) is 1.00. The second kappa shape index (κ2) is 15.7. The first kappa shape index (κ1) is 22.6. The monoisotopic (exact) mass is 538 g/mol. The van der Waals surface area contributed by atoms with Crippen LogP contribution in [0.4, 0.5) is 0 Å². The van der Waals surface area contributed by atoms with Gasteiger partial charge in [-0.15, -0.1) is 0 Å². The van der Waals surface area contributed by atoms with Crippen LogP contribution in [0.2, 0.25) is 8.87 Å². The number of rotatable bonds is 16. The molecule has 4 radical (unpaired) electrons. The molecule has 2 nitrogen and oxygen atoms in total. The van der Waals surface area contributed by atoms with E-state index < -0.39 is 42.3 Å². The van der Waals surface area contributed by atoms with Crippen LogP contribution in [0.3, 0.4) is 0 Å². The molecule has 0 aromatic carbocycles. The van der Waals surface area contributed by atoms with E-state index >= 15 is 0 Å². The van der Waals surface area contributed by atoms with Crippen molar-refractivity contribution in [1.82, 2.24) is 0 Å². The number of hydrogen-bond donors (Lipinski definition) is 0. The quantitative estimate of drug-likeness (QED) is 0.189. The van der Waals surface area contributed by atoms with Crippen LogP contribution in [0.5, 0.6) is 0 Å². The molecule has 0 N–H and O–H groups in total. The van der Waals surface area contributed by atoms with Gasteiger partial charge in [-0.05, 0) is 0 Å². The molecule has 1 fully saturated rings. The van der Waals surface area contributed by atoms with Crippen molar-refractivity contribution < 1.29 is 9.47 Å². The van der Waals surface area contributed by atoms with Gasteiger partial charge in [0.2, 0.25) is 0 Å². The third kappa shape index (κ3) is 11.7. The predicted octanol–water partition coefficient (Wildman–Crippen LogP) is 5.61. The van der Waals surface area contributed by atoms with Crippen molar-refractivity contribution in [1.29, 1.82) is 0 Å². The van der Waals surface area contributed by atoms with Gasteiger partial charge in [0.05, 0.1) is 0 Å². The Kier molecular flexibility index (Phi) is 15.4. The van der Waals surface area contributed by atoms with Gasteiger partial charge in [0.1, 0.15) is 0 Å². The van der Waals surface area contributed by atoms with E-state index in [4.69, 9.17) is 9.47 Å². The van der Waals surface area contributed by atoms with Gasteiger partial charge in [-0.3, -0.25) is 0 Å². The normalized spacial score (nSPS) is 17.0. The maximum atomic E-state index is 6.16. The van der Waals surface area contributed by atoms with Crippen LogP contribution < -0.4 is 0 Å². The fourth-order valence-corrected chi connectivity index (χ4v) is 17.2. The molecule has 4 heteroatoms. The molecule has 0 atom stereocenters.